The van der Waals surface area contributed by atoms with E-state index in [4.69, 9.17) is 37.7 Å². The number of aryl methyl sites for hydroxylation is 2. The van der Waals surface area contributed by atoms with Gasteiger partial charge < -0.3 is 23.8 Å². The van der Waals surface area contributed by atoms with Gasteiger partial charge in [-0.05, 0) is 56.8 Å². The summed E-state index contributed by atoms with van der Waals surface area (Å²) < 4.78 is 12.5. The molecule has 0 N–H and O–H groups in total. The Balaban J connectivity index is 1.31. The first-order chi connectivity index (χ1) is 23.1. The summed E-state index contributed by atoms with van der Waals surface area (Å²) in [5.74, 6) is -2.67. The van der Waals surface area contributed by atoms with Crippen LogP contribution >= 0.6 is 23.2 Å². The highest BCUT2D eigenvalue weighted by atomic mass is 35.5. The van der Waals surface area contributed by atoms with Crippen LogP contribution in [-0.2, 0) is 37.3 Å². The molecule has 1 amide bonds. The highest BCUT2D eigenvalue weighted by molar-refractivity contribution is 6.36. The number of piperazine rings is 1. The number of rotatable bonds is 9. The fourth-order valence-corrected chi connectivity index (χ4v) is 8.84. The molecule has 0 spiro atoms. The van der Waals surface area contributed by atoms with E-state index in [-0.39, 0.29) is 33.6 Å². The van der Waals surface area contributed by atoms with Crippen molar-refractivity contribution < 1.29 is 23.9 Å². The highest BCUT2D eigenvalue weighted by Crippen LogP contribution is 2.46. The molecular weight excluding hydrogens is 655 g/mol. The predicted molar refractivity (Wildman–Crippen MR) is 183 cm³/mol. The second-order valence-corrected chi connectivity index (χ2v) is 14.1. The lowest BCUT2D eigenvalue weighted by Gasteiger charge is -2.45. The summed E-state index contributed by atoms with van der Waals surface area (Å²) in [6.45, 7) is 2.81. The lowest BCUT2D eigenvalue weighted by atomic mass is 9.73. The molecule has 4 unspecified atom stereocenters. The minimum absolute atomic E-state index is 0.0810. The molecule has 48 heavy (non-hydrogen) atoms. The number of benzene rings is 1. The van der Waals surface area contributed by atoms with Crippen LogP contribution in [0.1, 0.15) is 55.8 Å². The minimum Gasteiger partial charge on any atom is -0.468 e. The summed E-state index contributed by atoms with van der Waals surface area (Å²) in [7, 11) is 6.70. The molecule has 13 heteroatoms. The Hall–Kier alpha value is -3.25. The topological polar surface area (TPSA) is 110 Å². The first kappa shape index (κ1) is 34.6. The Morgan fingerprint density at radius 1 is 0.917 bits per heavy atom. The van der Waals surface area contributed by atoms with Crippen molar-refractivity contribution in [1.29, 1.82) is 0 Å². The van der Waals surface area contributed by atoms with Crippen molar-refractivity contribution in [1.82, 2.24) is 24.3 Å². The van der Waals surface area contributed by atoms with E-state index in [2.05, 4.69) is 21.8 Å². The number of aliphatic imine (C=N–C) groups is 1. The number of methoxy groups -OCH3 is 2. The van der Waals surface area contributed by atoms with Crippen LogP contribution in [0, 0.1) is 5.92 Å². The molecule has 0 saturated carbocycles. The van der Waals surface area contributed by atoms with Gasteiger partial charge in [-0.2, -0.15) is 0 Å². The normalized spacial score (nSPS) is 26.4. The molecule has 5 heterocycles. The number of ether oxygens (including phenoxy) is 2. The van der Waals surface area contributed by atoms with Crippen LogP contribution in [0.15, 0.2) is 46.9 Å². The summed E-state index contributed by atoms with van der Waals surface area (Å²) in [4.78, 5) is 57.5. The summed E-state index contributed by atoms with van der Waals surface area (Å²) in [6.07, 6.45) is 9.11. The van der Waals surface area contributed by atoms with Gasteiger partial charge in [-0.25, -0.2) is 9.78 Å². The number of hydrogen-bond donors (Lipinski definition) is 0. The van der Waals surface area contributed by atoms with Crippen LogP contribution in [0.3, 0.4) is 0 Å². The summed E-state index contributed by atoms with van der Waals surface area (Å²) in [5.41, 5.74) is 1.17. The second-order valence-electron chi connectivity index (χ2n) is 13.3. The molecule has 1 aromatic heterocycles. The van der Waals surface area contributed by atoms with E-state index in [1.165, 1.54) is 39.9 Å². The number of amides is 1. The number of fused-ring (bicyclic) bond motifs is 2. The highest BCUT2D eigenvalue weighted by Gasteiger charge is 2.46. The van der Waals surface area contributed by atoms with Gasteiger partial charge in [0, 0.05) is 91.8 Å². The molecule has 0 radical (unpaired) electrons. The zero-order valence-corrected chi connectivity index (χ0v) is 29.5. The van der Waals surface area contributed by atoms with Crippen molar-refractivity contribution in [3.63, 3.8) is 0 Å². The van der Waals surface area contributed by atoms with Gasteiger partial charge in [0.1, 0.15) is 11.7 Å². The van der Waals surface area contributed by atoms with Crippen molar-refractivity contribution in [3.05, 3.63) is 63.3 Å². The van der Waals surface area contributed by atoms with Crippen molar-refractivity contribution in [2.24, 2.45) is 18.0 Å². The Morgan fingerprint density at radius 3 is 2.17 bits per heavy atom. The molecule has 3 fully saturated rings. The maximum atomic E-state index is 14.0. The summed E-state index contributed by atoms with van der Waals surface area (Å²) in [6, 6.07) is 6.87. The van der Waals surface area contributed by atoms with Gasteiger partial charge in [0.05, 0.1) is 31.9 Å². The molecule has 0 aliphatic carbocycles. The number of nitrogens with zero attached hydrogens (tertiary/aromatic N) is 6. The van der Waals surface area contributed by atoms with E-state index >= 15 is 0 Å². The number of esters is 2. The van der Waals surface area contributed by atoms with E-state index < -0.39 is 23.8 Å². The number of carbonyl (C=O) groups is 3. The van der Waals surface area contributed by atoms with Gasteiger partial charge >= 0.3 is 11.9 Å². The zero-order valence-electron chi connectivity index (χ0n) is 28.0. The maximum Gasteiger partial charge on any atom is 0.336 e. The maximum absolute atomic E-state index is 14.0. The molecule has 4 aliphatic rings. The SMILES string of the molecule is COC(=O)C1=C(CC(=O)N2CCN(C3CC4CCC(C3)N4C)CC2)N=C(CCc2nccn2C)C(C(=O)OC)C1c1c(Cl)cccc1Cl. The number of hydrogen-bond acceptors (Lipinski definition) is 9. The van der Waals surface area contributed by atoms with Gasteiger partial charge in [-0.3, -0.25) is 19.5 Å². The third-order valence-electron chi connectivity index (χ3n) is 10.9. The quantitative estimate of drug-likeness (QED) is 0.357. The number of piperidine rings is 1. The Bertz CT molecular complexity index is 1580. The lowest BCUT2D eigenvalue weighted by molar-refractivity contribution is -0.143. The van der Waals surface area contributed by atoms with Gasteiger partial charge in [0.15, 0.2) is 0 Å². The van der Waals surface area contributed by atoms with Crippen molar-refractivity contribution in [3.8, 4) is 0 Å². The number of carbonyl (C=O) groups excluding carboxylic acids is 3. The molecule has 6 rings (SSSR count). The van der Waals surface area contributed by atoms with Gasteiger partial charge in [-0.1, -0.05) is 29.3 Å². The summed E-state index contributed by atoms with van der Waals surface area (Å²) in [5, 5.41) is 0.551. The largest absolute Gasteiger partial charge is 0.468 e. The van der Waals surface area contributed by atoms with Crippen LogP contribution < -0.4 is 0 Å². The lowest BCUT2D eigenvalue weighted by Crippen LogP contribution is -2.55. The van der Waals surface area contributed by atoms with Crippen LogP contribution in [-0.4, -0.2) is 113 Å². The fourth-order valence-electron chi connectivity index (χ4n) is 8.21. The van der Waals surface area contributed by atoms with E-state index in [0.29, 0.717) is 55.3 Å². The number of halogens is 2. The first-order valence-corrected chi connectivity index (χ1v) is 17.5. The van der Waals surface area contributed by atoms with Crippen LogP contribution in [0.4, 0.5) is 0 Å². The molecule has 2 aromatic rings. The Morgan fingerprint density at radius 2 is 1.58 bits per heavy atom. The molecular formula is C35H44Cl2N6O5. The summed E-state index contributed by atoms with van der Waals surface area (Å²) >= 11 is 13.5. The average Bonchev–Trinajstić information content (AvgIpc) is 3.56. The van der Waals surface area contributed by atoms with Crippen LogP contribution in [0.5, 0.6) is 0 Å². The molecule has 11 nitrogen and oxygen atoms in total. The number of aromatic nitrogens is 2. The smallest absolute Gasteiger partial charge is 0.336 e. The molecule has 1 aromatic carbocycles. The standard InChI is InChI=1S/C35H44Cl2N6O5/c1-40-13-12-38-28(40)11-10-26-31(34(45)47-3)33(30-24(36)6-5-7-25(30)37)32(35(46)48-4)27(39-26)20-29(44)43-16-14-42(15-17-43)23-18-21-8-9-22(19-23)41(21)2/h5-7,12-13,21-23,31,33H,8-11,14-20H2,1-4H3. The fraction of sp³-hybridized carbons (Fsp3) is 0.571. The Kier molecular flexibility index (Phi) is 10.6. The van der Waals surface area contributed by atoms with E-state index in [1.807, 2.05) is 22.7 Å². The minimum atomic E-state index is -1.03. The second kappa shape index (κ2) is 14.7. The van der Waals surface area contributed by atoms with Gasteiger partial charge in [0.25, 0.3) is 0 Å². The molecule has 258 valence electrons. The average molecular weight is 700 g/mol. The van der Waals surface area contributed by atoms with E-state index in [1.54, 1.807) is 24.4 Å². The Labute approximate surface area is 291 Å². The van der Waals surface area contributed by atoms with E-state index in [0.717, 1.165) is 18.9 Å². The molecule has 2 bridgehead atoms. The van der Waals surface area contributed by atoms with E-state index in [9.17, 15) is 14.4 Å². The van der Waals surface area contributed by atoms with Gasteiger partial charge in [0.2, 0.25) is 5.91 Å². The third-order valence-corrected chi connectivity index (χ3v) is 11.5. The third kappa shape index (κ3) is 6.79. The number of imidazole rings is 1. The van der Waals surface area contributed by atoms with Crippen molar-refractivity contribution in [2.75, 3.05) is 47.4 Å². The predicted octanol–water partition coefficient (Wildman–Crippen LogP) is 4.27. The van der Waals surface area contributed by atoms with Gasteiger partial charge in [-0.15, -0.1) is 0 Å². The first-order valence-electron chi connectivity index (χ1n) is 16.7. The van der Waals surface area contributed by atoms with Crippen LogP contribution in [0.2, 0.25) is 10.0 Å². The van der Waals surface area contributed by atoms with Crippen molar-refractivity contribution >= 4 is 46.8 Å². The molecule has 3 saturated heterocycles. The molecule has 4 aliphatic heterocycles. The van der Waals surface area contributed by atoms with Crippen LogP contribution in [0.25, 0.3) is 0 Å². The molecule has 4 atom stereocenters. The monoisotopic (exact) mass is 698 g/mol. The van der Waals surface area contributed by atoms with Crippen molar-refractivity contribution in [2.45, 2.75) is 69.0 Å². The zero-order chi connectivity index (χ0) is 34.1.